The molecule has 1 aromatic carbocycles. The van der Waals surface area contributed by atoms with Gasteiger partial charge in [0.25, 0.3) is 0 Å². The van der Waals surface area contributed by atoms with E-state index in [4.69, 9.17) is 5.73 Å². The lowest BCUT2D eigenvalue weighted by atomic mass is 10.0. The molecule has 106 valence electrons. The van der Waals surface area contributed by atoms with Crippen molar-refractivity contribution in [2.45, 2.75) is 25.8 Å². The van der Waals surface area contributed by atoms with Crippen LogP contribution in [0.2, 0.25) is 0 Å². The second-order valence-electron chi connectivity index (χ2n) is 5.87. The second kappa shape index (κ2) is 6.40. The van der Waals surface area contributed by atoms with Crippen LogP contribution >= 0.6 is 0 Å². The second-order valence-corrected chi connectivity index (χ2v) is 5.87. The Morgan fingerprint density at radius 3 is 2.79 bits per heavy atom. The fourth-order valence-electron chi connectivity index (χ4n) is 3.03. The van der Waals surface area contributed by atoms with Crippen LogP contribution in [0.15, 0.2) is 24.3 Å². The molecule has 0 bridgehead atoms. The van der Waals surface area contributed by atoms with Crippen molar-refractivity contribution in [3.8, 4) is 0 Å². The van der Waals surface area contributed by atoms with E-state index in [0.717, 1.165) is 18.9 Å². The molecule has 2 atom stereocenters. The number of anilines is 1. The maximum Gasteiger partial charge on any atom is 0.0412 e. The lowest BCUT2D eigenvalue weighted by molar-refractivity contribution is 0.396. The predicted octanol–water partition coefficient (Wildman–Crippen LogP) is 2.48. The zero-order chi connectivity index (χ0) is 13.8. The molecule has 0 aromatic heterocycles. The summed E-state index contributed by atoms with van der Waals surface area (Å²) in [5, 5.41) is 0. The summed E-state index contributed by atoms with van der Waals surface area (Å²) in [6.07, 6.45) is 2.29. The number of para-hydroxylation sites is 1. The van der Waals surface area contributed by atoms with Gasteiger partial charge in [0.05, 0.1) is 0 Å². The van der Waals surface area contributed by atoms with Gasteiger partial charge in [0.15, 0.2) is 0 Å². The quantitative estimate of drug-likeness (QED) is 0.884. The van der Waals surface area contributed by atoms with Crippen LogP contribution in [-0.4, -0.2) is 38.6 Å². The lowest BCUT2D eigenvalue weighted by Gasteiger charge is -2.27. The first kappa shape index (κ1) is 14.4. The Hall–Kier alpha value is -1.06. The van der Waals surface area contributed by atoms with Crippen LogP contribution in [0.25, 0.3) is 0 Å². The number of rotatable bonds is 5. The molecular formula is C16H27N3. The Balaban J connectivity index is 2.08. The van der Waals surface area contributed by atoms with Gasteiger partial charge in [-0.25, -0.2) is 0 Å². The maximum atomic E-state index is 6.23. The zero-order valence-electron chi connectivity index (χ0n) is 12.5. The van der Waals surface area contributed by atoms with Crippen LogP contribution in [-0.2, 0) is 0 Å². The van der Waals surface area contributed by atoms with Gasteiger partial charge in [-0.2, -0.15) is 0 Å². The van der Waals surface area contributed by atoms with Gasteiger partial charge in [0.2, 0.25) is 0 Å². The van der Waals surface area contributed by atoms with E-state index in [2.05, 4.69) is 55.1 Å². The molecular weight excluding hydrogens is 234 g/mol. The minimum atomic E-state index is 0.143. The number of benzene rings is 1. The fourth-order valence-corrected chi connectivity index (χ4v) is 3.03. The monoisotopic (exact) mass is 261 g/mol. The van der Waals surface area contributed by atoms with Gasteiger partial charge in [-0.1, -0.05) is 25.1 Å². The third-order valence-corrected chi connectivity index (χ3v) is 4.21. The largest absolute Gasteiger partial charge is 0.374 e. The molecule has 0 radical (unpaired) electrons. The van der Waals surface area contributed by atoms with Crippen LogP contribution in [0.4, 0.5) is 5.69 Å². The molecule has 3 nitrogen and oxygen atoms in total. The van der Waals surface area contributed by atoms with Gasteiger partial charge in [0, 0.05) is 31.9 Å². The van der Waals surface area contributed by atoms with Crippen molar-refractivity contribution in [3.63, 3.8) is 0 Å². The van der Waals surface area contributed by atoms with Crippen LogP contribution in [0.1, 0.15) is 31.4 Å². The predicted molar refractivity (Wildman–Crippen MR) is 82.5 cm³/mol. The summed E-state index contributed by atoms with van der Waals surface area (Å²) in [6, 6.07) is 8.71. The van der Waals surface area contributed by atoms with Gasteiger partial charge >= 0.3 is 0 Å². The van der Waals surface area contributed by atoms with Crippen molar-refractivity contribution in [3.05, 3.63) is 29.8 Å². The molecule has 0 saturated carbocycles. The minimum Gasteiger partial charge on any atom is -0.374 e. The molecule has 1 heterocycles. The van der Waals surface area contributed by atoms with Crippen LogP contribution in [0, 0.1) is 5.92 Å². The zero-order valence-corrected chi connectivity index (χ0v) is 12.5. The summed E-state index contributed by atoms with van der Waals surface area (Å²) >= 11 is 0. The van der Waals surface area contributed by atoms with Gasteiger partial charge in [0.1, 0.15) is 0 Å². The topological polar surface area (TPSA) is 32.5 Å². The summed E-state index contributed by atoms with van der Waals surface area (Å²) in [5.74, 6) is 0.779. The Morgan fingerprint density at radius 1 is 1.42 bits per heavy atom. The molecule has 2 rings (SSSR count). The lowest BCUT2D eigenvalue weighted by Crippen LogP contribution is -2.28. The highest BCUT2D eigenvalue weighted by Gasteiger charge is 2.22. The SMILES string of the molecule is CC[C@H](N)c1ccccc1N(C)CC1CCN(C)C1. The third-order valence-electron chi connectivity index (χ3n) is 4.21. The van der Waals surface area contributed by atoms with E-state index in [1.807, 2.05) is 0 Å². The summed E-state index contributed by atoms with van der Waals surface area (Å²) in [4.78, 5) is 4.80. The van der Waals surface area contributed by atoms with Crippen molar-refractivity contribution < 1.29 is 0 Å². The van der Waals surface area contributed by atoms with Crippen molar-refractivity contribution in [1.82, 2.24) is 4.90 Å². The van der Waals surface area contributed by atoms with Gasteiger partial charge < -0.3 is 15.5 Å². The first-order chi connectivity index (χ1) is 9.11. The van der Waals surface area contributed by atoms with E-state index in [1.54, 1.807) is 0 Å². The number of nitrogens with two attached hydrogens (primary N) is 1. The molecule has 0 aliphatic carbocycles. The van der Waals surface area contributed by atoms with Crippen molar-refractivity contribution >= 4 is 5.69 Å². The Morgan fingerprint density at radius 2 is 2.16 bits per heavy atom. The maximum absolute atomic E-state index is 6.23. The Kier molecular flexibility index (Phi) is 4.83. The molecule has 0 amide bonds. The standard InChI is InChI=1S/C16H27N3/c1-4-15(17)14-7-5-6-8-16(14)19(3)12-13-9-10-18(2)11-13/h5-8,13,15H,4,9-12,17H2,1-3H3/t13?,15-/m0/s1. The average molecular weight is 261 g/mol. The Labute approximate surface area is 117 Å². The smallest absolute Gasteiger partial charge is 0.0412 e. The van der Waals surface area contributed by atoms with Gasteiger partial charge in [-0.05, 0) is 44.0 Å². The van der Waals surface area contributed by atoms with E-state index < -0.39 is 0 Å². The van der Waals surface area contributed by atoms with E-state index in [0.29, 0.717) is 0 Å². The molecule has 1 saturated heterocycles. The summed E-state index contributed by atoms with van der Waals surface area (Å²) < 4.78 is 0. The third kappa shape index (κ3) is 3.48. The molecule has 2 N–H and O–H groups in total. The summed E-state index contributed by atoms with van der Waals surface area (Å²) in [5.41, 5.74) is 8.80. The highest BCUT2D eigenvalue weighted by molar-refractivity contribution is 5.54. The molecule has 1 aromatic rings. The number of nitrogens with zero attached hydrogens (tertiary/aromatic N) is 2. The molecule has 1 unspecified atom stereocenters. The van der Waals surface area contributed by atoms with Crippen molar-refractivity contribution in [2.24, 2.45) is 11.7 Å². The van der Waals surface area contributed by atoms with Crippen LogP contribution < -0.4 is 10.6 Å². The molecule has 1 fully saturated rings. The molecule has 0 spiro atoms. The Bertz CT molecular complexity index is 405. The number of hydrogen-bond acceptors (Lipinski definition) is 3. The number of hydrogen-bond donors (Lipinski definition) is 1. The highest BCUT2D eigenvalue weighted by atomic mass is 15.2. The van der Waals surface area contributed by atoms with E-state index in [9.17, 15) is 0 Å². The fraction of sp³-hybridized carbons (Fsp3) is 0.625. The number of likely N-dealkylation sites (tertiary alicyclic amines) is 1. The van der Waals surface area contributed by atoms with E-state index in [1.165, 1.54) is 30.8 Å². The van der Waals surface area contributed by atoms with Crippen LogP contribution in [0.3, 0.4) is 0 Å². The van der Waals surface area contributed by atoms with E-state index >= 15 is 0 Å². The summed E-state index contributed by atoms with van der Waals surface area (Å²) in [7, 11) is 4.40. The molecule has 1 aliphatic rings. The first-order valence-electron chi connectivity index (χ1n) is 7.36. The van der Waals surface area contributed by atoms with E-state index in [-0.39, 0.29) is 6.04 Å². The highest BCUT2D eigenvalue weighted by Crippen LogP contribution is 2.27. The normalized spacial score (nSPS) is 21.6. The summed E-state index contributed by atoms with van der Waals surface area (Å²) in [6.45, 7) is 5.71. The van der Waals surface area contributed by atoms with Gasteiger partial charge in [-0.3, -0.25) is 0 Å². The molecule has 1 aliphatic heterocycles. The molecule has 19 heavy (non-hydrogen) atoms. The van der Waals surface area contributed by atoms with Crippen molar-refractivity contribution in [2.75, 3.05) is 38.6 Å². The average Bonchev–Trinajstić information content (AvgIpc) is 2.83. The minimum absolute atomic E-state index is 0.143. The van der Waals surface area contributed by atoms with Crippen LogP contribution in [0.5, 0.6) is 0 Å². The first-order valence-corrected chi connectivity index (χ1v) is 7.36. The van der Waals surface area contributed by atoms with Gasteiger partial charge in [-0.15, -0.1) is 0 Å². The van der Waals surface area contributed by atoms with Crippen molar-refractivity contribution in [1.29, 1.82) is 0 Å². The molecule has 3 heteroatoms.